The quantitative estimate of drug-likeness (QED) is 0.152. The molecule has 0 amide bonds. The summed E-state index contributed by atoms with van der Waals surface area (Å²) in [7, 11) is 0. The normalized spacial score (nSPS) is 21.8. The molecule has 44 heavy (non-hydrogen) atoms. The second kappa shape index (κ2) is 11.5. The topological polar surface area (TPSA) is 117 Å². The summed E-state index contributed by atoms with van der Waals surface area (Å²) in [4.78, 5) is 15.9. The van der Waals surface area contributed by atoms with Gasteiger partial charge in [0, 0.05) is 28.8 Å². The van der Waals surface area contributed by atoms with Gasteiger partial charge < -0.3 is 9.66 Å². The van der Waals surface area contributed by atoms with E-state index < -0.39 is 23.1 Å². The predicted octanol–water partition coefficient (Wildman–Crippen LogP) is 6.96. The number of hydrogen-bond acceptors (Lipinski definition) is 6. The Morgan fingerprint density at radius 3 is 2.70 bits per heavy atom. The molecule has 7 nitrogen and oxygen atoms in total. The lowest BCUT2D eigenvalue weighted by Gasteiger charge is -2.26. The molecule has 11 heteroatoms. The third kappa shape index (κ3) is 5.62. The van der Waals surface area contributed by atoms with Gasteiger partial charge in [-0.1, -0.05) is 24.6 Å². The number of aromatic nitrogens is 3. The molecular formula is C33H32F2N4O3S2. The summed E-state index contributed by atoms with van der Waals surface area (Å²) >= 11 is -0.760. The average Bonchev–Trinajstić information content (AvgIpc) is 3.40. The number of carboxylic acid groups (broad SMARTS) is 1. The Hall–Kier alpha value is -3.38. The van der Waals surface area contributed by atoms with E-state index in [4.69, 9.17) is 10.2 Å². The summed E-state index contributed by atoms with van der Waals surface area (Å²) in [5.41, 5.74) is 5.74. The van der Waals surface area contributed by atoms with Crippen LogP contribution in [0.5, 0.6) is 0 Å². The van der Waals surface area contributed by atoms with Crippen LogP contribution in [-0.4, -0.2) is 30.4 Å². The molecule has 2 aromatic heterocycles. The van der Waals surface area contributed by atoms with E-state index in [1.165, 1.54) is 40.5 Å². The van der Waals surface area contributed by atoms with Gasteiger partial charge >= 0.3 is 5.97 Å². The lowest BCUT2D eigenvalue weighted by atomic mass is 9.78. The summed E-state index contributed by atoms with van der Waals surface area (Å²) in [5, 5.41) is 21.9. The number of carboxylic acids is 1. The van der Waals surface area contributed by atoms with Crippen molar-refractivity contribution in [2.45, 2.75) is 62.7 Å². The number of nitrogens with zero attached hydrogens (tertiary/aromatic N) is 3. The highest BCUT2D eigenvalue weighted by Crippen LogP contribution is 2.49. The summed E-state index contributed by atoms with van der Waals surface area (Å²) < 4.78 is 43.9. The zero-order valence-corrected chi connectivity index (χ0v) is 25.8. The first kappa shape index (κ1) is 29.3. The molecule has 2 heterocycles. The first-order valence-electron chi connectivity index (χ1n) is 14.9. The predicted molar refractivity (Wildman–Crippen MR) is 165 cm³/mol. The van der Waals surface area contributed by atoms with Gasteiger partial charge in [-0.05, 0) is 97.7 Å². The lowest BCUT2D eigenvalue weighted by Crippen LogP contribution is -2.15. The van der Waals surface area contributed by atoms with Crippen LogP contribution < -0.4 is 5.14 Å². The highest BCUT2D eigenvalue weighted by atomic mass is 32.2. The van der Waals surface area contributed by atoms with Crippen molar-refractivity contribution in [3.8, 4) is 16.4 Å². The number of benzene rings is 2. The Morgan fingerprint density at radius 2 is 2.00 bits per heavy atom. The van der Waals surface area contributed by atoms with Gasteiger partial charge in [0.25, 0.3) is 0 Å². The average molecular weight is 635 g/mol. The van der Waals surface area contributed by atoms with E-state index in [2.05, 4.69) is 18.0 Å². The van der Waals surface area contributed by atoms with Crippen LogP contribution in [0.1, 0.15) is 77.8 Å². The minimum absolute atomic E-state index is 0.00207. The van der Waals surface area contributed by atoms with Gasteiger partial charge in [-0.3, -0.25) is 0 Å². The molecule has 2 saturated carbocycles. The summed E-state index contributed by atoms with van der Waals surface area (Å²) in [6.45, 7) is 2.25. The van der Waals surface area contributed by atoms with Gasteiger partial charge in [0.1, 0.15) is 5.82 Å². The van der Waals surface area contributed by atoms with Crippen molar-refractivity contribution in [1.29, 1.82) is 0 Å². The molecule has 0 aliphatic heterocycles. The number of carbonyl (C=O) groups is 1. The maximum Gasteiger partial charge on any atom is 0.355 e. The lowest BCUT2D eigenvalue weighted by molar-refractivity contribution is 0.0691. The largest absolute Gasteiger partial charge is 0.593 e. The fourth-order valence-corrected chi connectivity index (χ4v) is 8.21. The Bertz CT molecular complexity index is 1800. The monoisotopic (exact) mass is 634 g/mol. The van der Waals surface area contributed by atoms with Gasteiger partial charge in [-0.2, -0.15) is 5.10 Å². The van der Waals surface area contributed by atoms with Crippen LogP contribution in [0.2, 0.25) is 0 Å². The molecule has 2 fully saturated rings. The van der Waals surface area contributed by atoms with Gasteiger partial charge in [0.05, 0.1) is 22.7 Å². The molecule has 4 atom stereocenters. The van der Waals surface area contributed by atoms with Gasteiger partial charge in [-0.25, -0.2) is 23.2 Å². The van der Waals surface area contributed by atoms with E-state index in [-0.39, 0.29) is 22.3 Å². The molecule has 0 spiro atoms. The van der Waals surface area contributed by atoms with Crippen molar-refractivity contribution >= 4 is 28.7 Å². The first-order chi connectivity index (χ1) is 21.1. The summed E-state index contributed by atoms with van der Waals surface area (Å²) in [6, 6.07) is 9.64. The van der Waals surface area contributed by atoms with Gasteiger partial charge in [0.15, 0.2) is 11.5 Å². The van der Waals surface area contributed by atoms with Crippen LogP contribution in [0.4, 0.5) is 8.78 Å². The molecule has 3 aliphatic rings. The van der Waals surface area contributed by atoms with Crippen LogP contribution in [-0.2, 0) is 24.2 Å². The maximum absolute atomic E-state index is 15.5. The molecule has 0 saturated heterocycles. The highest BCUT2D eigenvalue weighted by Gasteiger charge is 2.36. The molecule has 4 aromatic rings. The maximum atomic E-state index is 15.5. The number of thiazole rings is 1. The van der Waals surface area contributed by atoms with Crippen molar-refractivity contribution in [1.82, 2.24) is 14.8 Å². The smallest absolute Gasteiger partial charge is 0.355 e. The Morgan fingerprint density at radius 1 is 1.18 bits per heavy atom. The van der Waals surface area contributed by atoms with E-state index in [9.17, 15) is 18.8 Å². The number of aromatic carboxylic acids is 1. The van der Waals surface area contributed by atoms with E-state index in [0.29, 0.717) is 52.5 Å². The van der Waals surface area contributed by atoms with Crippen molar-refractivity contribution in [3.63, 3.8) is 0 Å². The van der Waals surface area contributed by atoms with Crippen LogP contribution in [0.25, 0.3) is 16.4 Å². The molecule has 3 N–H and O–H groups in total. The Kier molecular flexibility index (Phi) is 7.68. The fourth-order valence-electron chi connectivity index (χ4n) is 6.99. The number of nitrogens with two attached hydrogens (primary N) is 1. The Labute approximate surface area is 261 Å². The molecule has 2 aromatic carbocycles. The van der Waals surface area contributed by atoms with Crippen LogP contribution in [0.3, 0.4) is 0 Å². The van der Waals surface area contributed by atoms with Crippen molar-refractivity contribution in [2.24, 2.45) is 22.9 Å². The van der Waals surface area contributed by atoms with Gasteiger partial charge in [0.2, 0.25) is 10.0 Å². The van der Waals surface area contributed by atoms with Crippen LogP contribution in [0, 0.1) is 29.4 Å². The van der Waals surface area contributed by atoms with Crippen molar-refractivity contribution < 1.29 is 23.2 Å². The fraction of sp³-hybridized carbons (Fsp3) is 0.364. The van der Waals surface area contributed by atoms with Crippen LogP contribution in [0.15, 0.2) is 58.3 Å². The minimum Gasteiger partial charge on any atom is -0.593 e. The standard InChI is InChI=1S/C33H32F2N4O3S2/c1-17-8-20-10-22(9-17)23(12-20)24-15-21(5-6-26(24)34)31-25(11-19-4-7-30(44(36)42)27(35)13-19)29(14-18-2-3-18)39(38-31)33-37-28(16-43-33)32(40)41/h4-7,12-13,15-18,22-23H,2-3,8-11,14,36H2,1H3,(H,40,41). The summed E-state index contributed by atoms with van der Waals surface area (Å²) in [5.74, 6) is -0.599. The molecule has 3 aliphatic carbocycles. The second-order valence-corrected chi connectivity index (χ2v) is 14.4. The zero-order chi connectivity index (χ0) is 30.7. The number of fused-ring (bicyclic) bond motifs is 2. The third-order valence-corrected chi connectivity index (χ3v) is 10.7. The molecule has 4 unspecified atom stereocenters. The highest BCUT2D eigenvalue weighted by molar-refractivity contribution is 7.89. The van der Waals surface area contributed by atoms with E-state index in [1.807, 2.05) is 6.07 Å². The molecular weight excluding hydrogens is 603 g/mol. The second-order valence-electron chi connectivity index (χ2n) is 12.5. The van der Waals surface area contributed by atoms with Gasteiger partial charge in [-0.15, -0.1) is 16.5 Å². The van der Waals surface area contributed by atoms with E-state index in [1.54, 1.807) is 16.8 Å². The number of hydrogen-bond donors (Lipinski definition) is 2. The number of allylic oxidation sites excluding steroid dienone is 2. The molecule has 0 radical (unpaired) electrons. The minimum atomic E-state index is -1.95. The molecule has 7 rings (SSSR count). The van der Waals surface area contributed by atoms with Crippen molar-refractivity contribution in [3.05, 3.63) is 93.1 Å². The van der Waals surface area contributed by atoms with Crippen molar-refractivity contribution in [2.75, 3.05) is 0 Å². The zero-order valence-electron chi connectivity index (χ0n) is 24.1. The SMILES string of the molecule is CC1CC2=CC(c3cc(-c4nn(-c5nc(C(=O)O)cs5)c(CC5CC5)c4Cc4ccc([S+](N)[O-])c(F)c4)ccc3F)C(C2)C1. The number of rotatable bonds is 9. The van der Waals surface area contributed by atoms with E-state index >= 15 is 4.39 Å². The third-order valence-electron chi connectivity index (χ3n) is 9.15. The van der Waals surface area contributed by atoms with Crippen LogP contribution >= 0.6 is 11.3 Å². The first-order valence-corrected chi connectivity index (χ1v) is 17.0. The molecule has 2 bridgehead atoms. The van der Waals surface area contributed by atoms with E-state index in [0.717, 1.165) is 48.9 Å². The molecule has 228 valence electrons. The number of halogens is 2. The Balaban J connectivity index is 1.37. The summed E-state index contributed by atoms with van der Waals surface area (Å²) in [6.07, 6.45) is 8.53.